The first-order valence-electron chi connectivity index (χ1n) is 10.4. The lowest BCUT2D eigenvalue weighted by Gasteiger charge is -2.10. The molecule has 1 amide bonds. The average Bonchev–Trinajstić information content (AvgIpc) is 3.20. The Labute approximate surface area is 186 Å². The van der Waals surface area contributed by atoms with Crippen LogP contribution in [0.4, 0.5) is 0 Å². The van der Waals surface area contributed by atoms with Gasteiger partial charge >= 0.3 is 5.97 Å². The van der Waals surface area contributed by atoms with Gasteiger partial charge in [0.15, 0.2) is 5.65 Å². The molecule has 0 unspecified atom stereocenters. The zero-order valence-electron chi connectivity index (χ0n) is 18.2. The number of ether oxygens (including phenoxy) is 1. The Kier molecular flexibility index (Phi) is 5.98. The van der Waals surface area contributed by atoms with Crippen LogP contribution in [0.2, 0.25) is 0 Å². The molecule has 32 heavy (non-hydrogen) atoms. The van der Waals surface area contributed by atoms with Crippen LogP contribution in [-0.2, 0) is 6.54 Å². The molecule has 0 saturated carbocycles. The number of aryl methyl sites for hydroxylation is 1. The van der Waals surface area contributed by atoms with Crippen molar-refractivity contribution in [3.8, 4) is 5.75 Å². The third-order valence-electron chi connectivity index (χ3n) is 5.07. The molecule has 0 radical (unpaired) electrons. The van der Waals surface area contributed by atoms with E-state index >= 15 is 0 Å². The Balaban J connectivity index is 1.49. The number of esters is 1. The van der Waals surface area contributed by atoms with Crippen molar-refractivity contribution in [2.75, 3.05) is 0 Å². The van der Waals surface area contributed by atoms with E-state index < -0.39 is 5.97 Å². The summed E-state index contributed by atoms with van der Waals surface area (Å²) in [5.74, 6) is -0.483. The summed E-state index contributed by atoms with van der Waals surface area (Å²) in [5.41, 5.74) is 3.06. The summed E-state index contributed by atoms with van der Waals surface area (Å²) in [6.07, 6.45) is 1.69. The van der Waals surface area contributed by atoms with Crippen molar-refractivity contribution in [2.24, 2.45) is 0 Å². The Morgan fingerprint density at radius 2 is 1.84 bits per heavy atom. The fourth-order valence-electron chi connectivity index (χ4n) is 3.39. The van der Waals surface area contributed by atoms with Crippen molar-refractivity contribution in [3.05, 3.63) is 89.2 Å². The molecule has 0 bridgehead atoms. The van der Waals surface area contributed by atoms with E-state index in [-0.39, 0.29) is 11.9 Å². The fourth-order valence-corrected chi connectivity index (χ4v) is 3.39. The topological polar surface area (TPSA) is 86.1 Å². The quantitative estimate of drug-likeness (QED) is 0.362. The lowest BCUT2D eigenvalue weighted by atomic mass is 10.1. The van der Waals surface area contributed by atoms with E-state index in [0.717, 1.165) is 16.6 Å². The molecule has 7 heteroatoms. The number of aromatic nitrogens is 3. The molecule has 0 aliphatic rings. The highest BCUT2D eigenvalue weighted by molar-refractivity contribution is 5.97. The SMILES string of the molecule is Cc1nc2c(cnn2C(C)C)cc1C(=O)Oc1cccc(C(=O)NCc2ccccc2)c1. The van der Waals surface area contributed by atoms with E-state index in [4.69, 9.17) is 4.74 Å². The van der Waals surface area contributed by atoms with E-state index in [2.05, 4.69) is 15.4 Å². The molecule has 0 spiro atoms. The van der Waals surface area contributed by atoms with Gasteiger partial charge in [0.05, 0.1) is 17.5 Å². The van der Waals surface area contributed by atoms with E-state index in [0.29, 0.717) is 29.1 Å². The Hall–Kier alpha value is -4.00. The molecule has 0 aliphatic heterocycles. The summed E-state index contributed by atoms with van der Waals surface area (Å²) in [5, 5.41) is 7.99. The molecule has 0 fully saturated rings. The maximum Gasteiger partial charge on any atom is 0.345 e. The van der Waals surface area contributed by atoms with Crippen LogP contribution in [0, 0.1) is 6.92 Å². The molecule has 1 N–H and O–H groups in total. The minimum Gasteiger partial charge on any atom is -0.423 e. The molecule has 0 aliphatic carbocycles. The Bertz CT molecular complexity index is 1280. The highest BCUT2D eigenvalue weighted by Crippen LogP contribution is 2.21. The number of fused-ring (bicyclic) bond motifs is 1. The second kappa shape index (κ2) is 9.01. The van der Waals surface area contributed by atoms with E-state index in [1.807, 2.05) is 48.9 Å². The molecular formula is C25H24N4O3. The number of benzene rings is 2. The van der Waals surface area contributed by atoms with E-state index in [1.54, 1.807) is 43.5 Å². The number of amides is 1. The van der Waals surface area contributed by atoms with Crippen LogP contribution < -0.4 is 10.1 Å². The Morgan fingerprint density at radius 1 is 1.06 bits per heavy atom. The number of pyridine rings is 1. The van der Waals surface area contributed by atoms with Gasteiger partial charge < -0.3 is 10.1 Å². The standard InChI is InChI=1S/C25H24N4O3/c1-16(2)29-23-20(15-27-29)13-22(17(3)28-23)25(31)32-21-11-7-10-19(12-21)24(30)26-14-18-8-5-4-6-9-18/h4-13,15-16H,14H2,1-3H3,(H,26,30). The summed E-state index contributed by atoms with van der Waals surface area (Å²) >= 11 is 0. The molecule has 2 aromatic heterocycles. The van der Waals surface area contributed by atoms with Crippen LogP contribution in [0.25, 0.3) is 11.0 Å². The summed E-state index contributed by atoms with van der Waals surface area (Å²) in [7, 11) is 0. The number of hydrogen-bond donors (Lipinski definition) is 1. The minimum atomic E-state index is -0.531. The number of hydrogen-bond acceptors (Lipinski definition) is 5. The van der Waals surface area contributed by atoms with Gasteiger partial charge in [-0.3, -0.25) is 4.79 Å². The molecule has 0 atom stereocenters. The Morgan fingerprint density at radius 3 is 2.59 bits per heavy atom. The van der Waals surface area contributed by atoms with Crippen molar-refractivity contribution in [3.63, 3.8) is 0 Å². The van der Waals surface area contributed by atoms with Crippen molar-refractivity contribution >= 4 is 22.9 Å². The van der Waals surface area contributed by atoms with Crippen LogP contribution in [0.3, 0.4) is 0 Å². The van der Waals surface area contributed by atoms with Gasteiger partial charge in [-0.25, -0.2) is 14.5 Å². The molecule has 4 rings (SSSR count). The van der Waals surface area contributed by atoms with Crippen molar-refractivity contribution in [1.82, 2.24) is 20.1 Å². The number of nitrogens with zero attached hydrogens (tertiary/aromatic N) is 3. The molecule has 162 valence electrons. The van der Waals surface area contributed by atoms with Gasteiger partial charge in [0.2, 0.25) is 0 Å². The van der Waals surface area contributed by atoms with Crippen LogP contribution in [0.1, 0.15) is 51.9 Å². The highest BCUT2D eigenvalue weighted by atomic mass is 16.5. The molecule has 2 aromatic carbocycles. The van der Waals surface area contributed by atoms with Crippen LogP contribution in [0.15, 0.2) is 66.9 Å². The summed E-state index contributed by atoms with van der Waals surface area (Å²) < 4.78 is 7.37. The zero-order valence-corrected chi connectivity index (χ0v) is 18.2. The molecule has 0 saturated heterocycles. The predicted octanol–water partition coefficient (Wildman–Crippen LogP) is 4.47. The minimum absolute atomic E-state index is 0.160. The van der Waals surface area contributed by atoms with Crippen molar-refractivity contribution in [1.29, 1.82) is 0 Å². The number of carbonyl (C=O) groups is 2. The van der Waals surface area contributed by atoms with Crippen LogP contribution >= 0.6 is 0 Å². The molecule has 4 aromatic rings. The summed E-state index contributed by atoms with van der Waals surface area (Å²) in [6, 6.07) is 18.1. The first-order valence-corrected chi connectivity index (χ1v) is 10.4. The predicted molar refractivity (Wildman–Crippen MR) is 122 cm³/mol. The largest absolute Gasteiger partial charge is 0.423 e. The average molecular weight is 428 g/mol. The number of nitrogens with one attached hydrogen (secondary N) is 1. The smallest absolute Gasteiger partial charge is 0.345 e. The third-order valence-corrected chi connectivity index (χ3v) is 5.07. The first kappa shape index (κ1) is 21.2. The monoisotopic (exact) mass is 428 g/mol. The van der Waals surface area contributed by atoms with Crippen LogP contribution in [-0.4, -0.2) is 26.6 Å². The fraction of sp³-hybridized carbons (Fsp3) is 0.200. The van der Waals surface area contributed by atoms with E-state index in [1.165, 1.54) is 0 Å². The van der Waals surface area contributed by atoms with Gasteiger partial charge in [0, 0.05) is 23.5 Å². The maximum absolute atomic E-state index is 12.8. The van der Waals surface area contributed by atoms with Crippen LogP contribution in [0.5, 0.6) is 5.75 Å². The number of carbonyl (C=O) groups excluding carboxylic acids is 2. The zero-order chi connectivity index (χ0) is 22.7. The maximum atomic E-state index is 12.8. The van der Waals surface area contributed by atoms with Gasteiger partial charge in [0.1, 0.15) is 5.75 Å². The second-order valence-corrected chi connectivity index (χ2v) is 7.80. The van der Waals surface area contributed by atoms with Gasteiger partial charge in [-0.15, -0.1) is 0 Å². The van der Waals surface area contributed by atoms with Gasteiger partial charge in [-0.2, -0.15) is 5.10 Å². The second-order valence-electron chi connectivity index (χ2n) is 7.80. The lowest BCUT2D eigenvalue weighted by Crippen LogP contribution is -2.22. The normalized spacial score (nSPS) is 11.0. The molecule has 7 nitrogen and oxygen atoms in total. The van der Waals surface area contributed by atoms with Gasteiger partial charge in [0.25, 0.3) is 5.91 Å². The summed E-state index contributed by atoms with van der Waals surface area (Å²) in [4.78, 5) is 29.9. The first-order chi connectivity index (χ1) is 15.4. The highest BCUT2D eigenvalue weighted by Gasteiger charge is 2.17. The van der Waals surface area contributed by atoms with Crippen molar-refractivity contribution < 1.29 is 14.3 Å². The lowest BCUT2D eigenvalue weighted by molar-refractivity contribution is 0.0732. The van der Waals surface area contributed by atoms with Crippen molar-refractivity contribution in [2.45, 2.75) is 33.4 Å². The van der Waals surface area contributed by atoms with Gasteiger partial charge in [-0.05, 0) is 50.6 Å². The molecular weight excluding hydrogens is 404 g/mol. The third kappa shape index (κ3) is 4.51. The van der Waals surface area contributed by atoms with E-state index in [9.17, 15) is 9.59 Å². The number of rotatable bonds is 6. The molecule has 2 heterocycles. The van der Waals surface area contributed by atoms with Gasteiger partial charge in [-0.1, -0.05) is 36.4 Å². The summed E-state index contributed by atoms with van der Waals surface area (Å²) in [6.45, 7) is 6.23.